The number of hydrazine groups is 1. The van der Waals surface area contributed by atoms with Gasteiger partial charge in [0.1, 0.15) is 5.75 Å². The van der Waals surface area contributed by atoms with E-state index in [-0.39, 0.29) is 6.04 Å². The van der Waals surface area contributed by atoms with Crippen molar-refractivity contribution in [2.75, 3.05) is 12.3 Å². The molecule has 3 rings (SSSR count). The zero-order valence-electron chi connectivity index (χ0n) is 10.9. The van der Waals surface area contributed by atoms with Crippen molar-refractivity contribution in [3.8, 4) is 5.75 Å². The number of hydrogen-bond donors (Lipinski definition) is 3. The Hall–Kier alpha value is -1.75. The zero-order chi connectivity index (χ0) is 14.1. The number of hydrogen-bond acceptors (Lipinski definition) is 4. The minimum absolute atomic E-state index is 0.222. The predicted molar refractivity (Wildman–Crippen MR) is 80.7 cm³/mol. The van der Waals surface area contributed by atoms with E-state index in [2.05, 4.69) is 11.5 Å². The molecule has 0 spiro atoms. The third-order valence-corrected chi connectivity index (χ3v) is 3.82. The number of anilines is 1. The molecular formula is C15H16ClN3O. The Balaban J connectivity index is 2.09. The highest BCUT2D eigenvalue weighted by Gasteiger charge is 2.23. The Bertz CT molecular complexity index is 645. The van der Waals surface area contributed by atoms with Crippen LogP contribution in [0.3, 0.4) is 0 Å². The van der Waals surface area contributed by atoms with E-state index in [1.165, 1.54) is 5.56 Å². The highest BCUT2D eigenvalue weighted by molar-refractivity contribution is 6.30. The summed E-state index contributed by atoms with van der Waals surface area (Å²) in [6, 6.07) is 11.3. The number of nitrogen functional groups attached to an aromatic ring is 1. The molecule has 0 aromatic heterocycles. The summed E-state index contributed by atoms with van der Waals surface area (Å²) in [5.41, 5.74) is 12.6. The molecule has 104 valence electrons. The van der Waals surface area contributed by atoms with Crippen molar-refractivity contribution in [2.24, 2.45) is 5.84 Å². The third kappa shape index (κ3) is 2.22. The van der Waals surface area contributed by atoms with Crippen molar-refractivity contribution < 1.29 is 4.74 Å². The molecule has 1 unspecified atom stereocenters. The van der Waals surface area contributed by atoms with Crippen molar-refractivity contribution >= 4 is 17.3 Å². The van der Waals surface area contributed by atoms with Crippen molar-refractivity contribution in [1.82, 2.24) is 5.43 Å². The molecule has 1 atom stereocenters. The van der Waals surface area contributed by atoms with Gasteiger partial charge in [0.25, 0.3) is 0 Å². The summed E-state index contributed by atoms with van der Waals surface area (Å²) in [6.45, 7) is 0.708. The topological polar surface area (TPSA) is 73.3 Å². The van der Waals surface area contributed by atoms with Gasteiger partial charge in [0.2, 0.25) is 0 Å². The zero-order valence-corrected chi connectivity index (χ0v) is 11.7. The second-order valence-electron chi connectivity index (χ2n) is 4.81. The molecule has 0 saturated carbocycles. The lowest BCUT2D eigenvalue weighted by atomic mass is 9.95. The Morgan fingerprint density at radius 1 is 1.20 bits per heavy atom. The maximum absolute atomic E-state index is 6.06. The Kier molecular flexibility index (Phi) is 3.53. The Morgan fingerprint density at radius 2 is 2.05 bits per heavy atom. The quantitative estimate of drug-likeness (QED) is 0.461. The minimum Gasteiger partial charge on any atom is -0.493 e. The van der Waals surface area contributed by atoms with Gasteiger partial charge in [-0.2, -0.15) is 0 Å². The summed E-state index contributed by atoms with van der Waals surface area (Å²) in [4.78, 5) is 0. The minimum atomic E-state index is -0.222. The number of nitrogens with two attached hydrogens (primary N) is 2. The lowest BCUT2D eigenvalue weighted by Gasteiger charge is -2.21. The molecular weight excluding hydrogens is 274 g/mol. The van der Waals surface area contributed by atoms with Crippen LogP contribution in [0, 0.1) is 0 Å². The van der Waals surface area contributed by atoms with Crippen LogP contribution in [0.25, 0.3) is 0 Å². The number of halogens is 1. The van der Waals surface area contributed by atoms with Crippen LogP contribution in [-0.4, -0.2) is 6.61 Å². The van der Waals surface area contributed by atoms with Gasteiger partial charge in [0.15, 0.2) is 0 Å². The van der Waals surface area contributed by atoms with Crippen molar-refractivity contribution in [3.63, 3.8) is 0 Å². The van der Waals surface area contributed by atoms with Gasteiger partial charge in [0.05, 0.1) is 12.6 Å². The smallest absolute Gasteiger partial charge is 0.127 e. The number of rotatable bonds is 3. The summed E-state index contributed by atoms with van der Waals surface area (Å²) in [5, 5.41) is 0.608. The van der Waals surface area contributed by atoms with Gasteiger partial charge in [-0.3, -0.25) is 5.84 Å². The van der Waals surface area contributed by atoms with Crippen LogP contribution in [0.1, 0.15) is 22.7 Å². The SMILES string of the molecule is NNC(c1ccc(Cl)cc1N)c1cccc2c1OCC2. The first-order chi connectivity index (χ1) is 9.70. The van der Waals surface area contributed by atoms with Crippen LogP contribution in [0.2, 0.25) is 5.02 Å². The standard InChI is InChI=1S/C15H16ClN3O/c16-10-4-5-11(13(17)8-10)14(19-18)12-3-1-2-9-6-7-20-15(9)12/h1-5,8,14,19H,6-7,17-18H2. The highest BCUT2D eigenvalue weighted by atomic mass is 35.5. The Morgan fingerprint density at radius 3 is 2.80 bits per heavy atom. The van der Waals surface area contributed by atoms with E-state index >= 15 is 0 Å². The second-order valence-corrected chi connectivity index (χ2v) is 5.24. The highest BCUT2D eigenvalue weighted by Crippen LogP contribution is 2.37. The predicted octanol–water partition coefficient (Wildman–Crippen LogP) is 2.41. The summed E-state index contributed by atoms with van der Waals surface area (Å²) < 4.78 is 5.74. The van der Waals surface area contributed by atoms with Crippen LogP contribution in [-0.2, 0) is 6.42 Å². The third-order valence-electron chi connectivity index (χ3n) is 3.58. The van der Waals surface area contributed by atoms with E-state index in [4.69, 9.17) is 27.9 Å². The first-order valence-corrected chi connectivity index (χ1v) is 6.84. The number of fused-ring (bicyclic) bond motifs is 1. The molecule has 0 fully saturated rings. The van der Waals surface area contributed by atoms with E-state index in [0.29, 0.717) is 17.3 Å². The average Bonchev–Trinajstić information content (AvgIpc) is 2.91. The van der Waals surface area contributed by atoms with Crippen LogP contribution >= 0.6 is 11.6 Å². The molecule has 0 saturated heterocycles. The van der Waals surface area contributed by atoms with Crippen LogP contribution in [0.4, 0.5) is 5.69 Å². The largest absolute Gasteiger partial charge is 0.493 e. The normalized spacial score (nSPS) is 14.7. The van der Waals surface area contributed by atoms with E-state index in [1.54, 1.807) is 6.07 Å². The fraction of sp³-hybridized carbons (Fsp3) is 0.200. The Labute approximate surface area is 122 Å². The van der Waals surface area contributed by atoms with Gasteiger partial charge >= 0.3 is 0 Å². The van der Waals surface area contributed by atoms with Gasteiger partial charge in [0, 0.05) is 22.7 Å². The first kappa shape index (κ1) is 13.2. The van der Waals surface area contributed by atoms with Crippen LogP contribution < -0.4 is 21.7 Å². The van der Waals surface area contributed by atoms with Gasteiger partial charge in [-0.1, -0.05) is 35.9 Å². The fourth-order valence-corrected chi connectivity index (χ4v) is 2.80. The number of ether oxygens (including phenoxy) is 1. The van der Waals surface area contributed by atoms with Crippen molar-refractivity contribution in [1.29, 1.82) is 0 Å². The van der Waals surface area contributed by atoms with E-state index in [9.17, 15) is 0 Å². The second kappa shape index (κ2) is 5.32. The number of para-hydroxylation sites is 1. The van der Waals surface area contributed by atoms with Crippen LogP contribution in [0.5, 0.6) is 5.75 Å². The van der Waals surface area contributed by atoms with Crippen molar-refractivity contribution in [2.45, 2.75) is 12.5 Å². The number of benzene rings is 2. The lowest BCUT2D eigenvalue weighted by Crippen LogP contribution is -2.29. The van der Waals surface area contributed by atoms with Crippen molar-refractivity contribution in [3.05, 3.63) is 58.1 Å². The monoisotopic (exact) mass is 289 g/mol. The molecule has 1 heterocycles. The maximum Gasteiger partial charge on any atom is 0.127 e. The number of nitrogens with one attached hydrogen (secondary N) is 1. The summed E-state index contributed by atoms with van der Waals surface area (Å²) >= 11 is 5.95. The first-order valence-electron chi connectivity index (χ1n) is 6.46. The summed E-state index contributed by atoms with van der Waals surface area (Å²) in [5.74, 6) is 6.65. The van der Waals surface area contributed by atoms with Gasteiger partial charge in [-0.25, -0.2) is 5.43 Å². The van der Waals surface area contributed by atoms with Gasteiger partial charge in [-0.05, 0) is 23.3 Å². The molecule has 1 aliphatic rings. The average molecular weight is 290 g/mol. The molecule has 1 aliphatic heterocycles. The maximum atomic E-state index is 6.06. The molecule has 0 bridgehead atoms. The molecule has 0 aliphatic carbocycles. The molecule has 5 N–H and O–H groups in total. The van der Waals surface area contributed by atoms with E-state index in [0.717, 1.165) is 23.3 Å². The molecule has 2 aromatic rings. The van der Waals surface area contributed by atoms with Gasteiger partial charge in [-0.15, -0.1) is 0 Å². The fourth-order valence-electron chi connectivity index (χ4n) is 2.62. The molecule has 4 nitrogen and oxygen atoms in total. The molecule has 0 amide bonds. The molecule has 0 radical (unpaired) electrons. The lowest BCUT2D eigenvalue weighted by molar-refractivity contribution is 0.350. The molecule has 2 aromatic carbocycles. The van der Waals surface area contributed by atoms with Gasteiger partial charge < -0.3 is 10.5 Å². The summed E-state index contributed by atoms with van der Waals surface area (Å²) in [6.07, 6.45) is 0.927. The van der Waals surface area contributed by atoms with Crippen LogP contribution in [0.15, 0.2) is 36.4 Å². The van der Waals surface area contributed by atoms with E-state index < -0.39 is 0 Å². The molecule has 5 heteroatoms. The van der Waals surface area contributed by atoms with E-state index in [1.807, 2.05) is 24.3 Å². The molecule has 20 heavy (non-hydrogen) atoms. The summed E-state index contributed by atoms with van der Waals surface area (Å²) in [7, 11) is 0.